The molecule has 0 spiro atoms. The average Bonchev–Trinajstić information content (AvgIpc) is 2.77. The third-order valence-corrected chi connectivity index (χ3v) is 4.49. The number of aromatic nitrogens is 2. The second-order valence-corrected chi connectivity index (χ2v) is 6.37. The minimum atomic E-state index is 0.0380. The van der Waals surface area contributed by atoms with Gasteiger partial charge >= 0.3 is 0 Å². The number of hydrogen-bond acceptors (Lipinski definition) is 3. The van der Waals surface area contributed by atoms with Crippen LogP contribution in [-0.4, -0.2) is 34.4 Å². The first-order valence-electron chi connectivity index (χ1n) is 8.74. The van der Waals surface area contributed by atoms with Crippen LogP contribution in [0.2, 0.25) is 0 Å². The Kier molecular flexibility index (Phi) is 5.64. The van der Waals surface area contributed by atoms with Crippen molar-refractivity contribution in [2.45, 2.75) is 51.0 Å². The number of hydrogen-bond donors (Lipinski definition) is 2. The van der Waals surface area contributed by atoms with Crippen molar-refractivity contribution < 1.29 is 4.79 Å². The quantitative estimate of drug-likeness (QED) is 0.635. The maximum Gasteiger partial charge on any atom is 0.226 e. The molecule has 0 aliphatic heterocycles. The first-order chi connectivity index (χ1) is 11.3. The molecule has 1 aliphatic carbocycles. The standard InChI is InChI=1S/C18H26N4O/c23-18(13-16-14-22-12-6-5-9-17(22)21-16)20-11-10-19-15-7-3-1-2-4-8-15/h5-6,9,12,14-15,19H,1-4,7-8,10-11,13H2,(H,20,23). The van der Waals surface area contributed by atoms with Crippen LogP contribution < -0.4 is 10.6 Å². The first kappa shape index (κ1) is 16.0. The number of fused-ring (bicyclic) bond motifs is 1. The highest BCUT2D eigenvalue weighted by Crippen LogP contribution is 2.16. The molecular formula is C18H26N4O. The Balaban J connectivity index is 1.37. The van der Waals surface area contributed by atoms with Crippen molar-refractivity contribution in [3.63, 3.8) is 0 Å². The van der Waals surface area contributed by atoms with E-state index in [0.717, 1.165) is 17.9 Å². The zero-order valence-electron chi connectivity index (χ0n) is 13.6. The molecule has 5 nitrogen and oxygen atoms in total. The molecule has 1 amide bonds. The van der Waals surface area contributed by atoms with E-state index in [0.29, 0.717) is 19.0 Å². The van der Waals surface area contributed by atoms with E-state index in [-0.39, 0.29) is 5.91 Å². The Morgan fingerprint density at radius 3 is 2.78 bits per heavy atom. The Bertz CT molecular complexity index is 596. The SMILES string of the molecule is O=C(Cc1cn2ccccc2n1)NCCNC1CCCCCC1. The highest BCUT2D eigenvalue weighted by Gasteiger charge is 2.11. The number of imidazole rings is 1. The second kappa shape index (κ2) is 8.11. The molecule has 0 bridgehead atoms. The van der Waals surface area contributed by atoms with Crippen molar-refractivity contribution in [3.8, 4) is 0 Å². The molecule has 0 atom stereocenters. The summed E-state index contributed by atoms with van der Waals surface area (Å²) in [6, 6.07) is 6.48. The Morgan fingerprint density at radius 2 is 2.00 bits per heavy atom. The van der Waals surface area contributed by atoms with Crippen molar-refractivity contribution in [2.75, 3.05) is 13.1 Å². The molecule has 23 heavy (non-hydrogen) atoms. The minimum Gasteiger partial charge on any atom is -0.354 e. The van der Waals surface area contributed by atoms with Gasteiger partial charge in [-0.3, -0.25) is 4.79 Å². The molecule has 0 saturated heterocycles. The Morgan fingerprint density at radius 1 is 1.17 bits per heavy atom. The normalized spacial score (nSPS) is 16.3. The molecular weight excluding hydrogens is 288 g/mol. The molecule has 3 rings (SSSR count). The number of pyridine rings is 1. The second-order valence-electron chi connectivity index (χ2n) is 6.37. The summed E-state index contributed by atoms with van der Waals surface area (Å²) in [6.45, 7) is 1.53. The van der Waals surface area contributed by atoms with E-state index in [1.165, 1.54) is 38.5 Å². The molecule has 2 aromatic heterocycles. The number of rotatable bonds is 6. The van der Waals surface area contributed by atoms with Crippen LogP contribution in [0.1, 0.15) is 44.2 Å². The predicted molar refractivity (Wildman–Crippen MR) is 91.4 cm³/mol. The highest BCUT2D eigenvalue weighted by atomic mass is 16.1. The number of carbonyl (C=O) groups excluding carboxylic acids is 1. The van der Waals surface area contributed by atoms with Gasteiger partial charge in [-0.25, -0.2) is 4.98 Å². The van der Waals surface area contributed by atoms with Gasteiger partial charge in [0.1, 0.15) is 5.65 Å². The van der Waals surface area contributed by atoms with Gasteiger partial charge in [0.2, 0.25) is 5.91 Å². The van der Waals surface area contributed by atoms with Crippen LogP contribution in [0.4, 0.5) is 0 Å². The lowest BCUT2D eigenvalue weighted by Crippen LogP contribution is -2.37. The largest absolute Gasteiger partial charge is 0.354 e. The first-order valence-corrected chi connectivity index (χ1v) is 8.74. The van der Waals surface area contributed by atoms with Gasteiger partial charge in [-0.15, -0.1) is 0 Å². The molecule has 0 radical (unpaired) electrons. The molecule has 1 fully saturated rings. The molecule has 5 heteroatoms. The van der Waals surface area contributed by atoms with Crippen LogP contribution in [0.15, 0.2) is 30.6 Å². The van der Waals surface area contributed by atoms with Crippen molar-refractivity contribution in [3.05, 3.63) is 36.3 Å². The summed E-state index contributed by atoms with van der Waals surface area (Å²) in [7, 11) is 0. The average molecular weight is 314 g/mol. The summed E-state index contributed by atoms with van der Waals surface area (Å²) in [5.74, 6) is 0.0380. The lowest BCUT2D eigenvalue weighted by Gasteiger charge is -2.16. The predicted octanol–water partition coefficient (Wildman–Crippen LogP) is 2.31. The summed E-state index contributed by atoms with van der Waals surface area (Å²) in [5.41, 5.74) is 1.69. The molecule has 0 aromatic carbocycles. The van der Waals surface area contributed by atoms with Gasteiger partial charge in [0.25, 0.3) is 0 Å². The fraction of sp³-hybridized carbons (Fsp3) is 0.556. The van der Waals surface area contributed by atoms with Crippen molar-refractivity contribution in [1.82, 2.24) is 20.0 Å². The topological polar surface area (TPSA) is 58.4 Å². The molecule has 1 saturated carbocycles. The summed E-state index contributed by atoms with van der Waals surface area (Å²) in [6.07, 6.45) is 12.1. The maximum absolute atomic E-state index is 12.0. The van der Waals surface area contributed by atoms with Crippen LogP contribution in [0.3, 0.4) is 0 Å². The summed E-state index contributed by atoms with van der Waals surface area (Å²) in [5, 5.41) is 6.55. The van der Waals surface area contributed by atoms with Gasteiger partial charge in [0.15, 0.2) is 0 Å². The maximum atomic E-state index is 12.0. The van der Waals surface area contributed by atoms with E-state index in [1.807, 2.05) is 35.0 Å². The van der Waals surface area contributed by atoms with E-state index in [4.69, 9.17) is 0 Å². The van der Waals surface area contributed by atoms with Crippen LogP contribution in [0, 0.1) is 0 Å². The van der Waals surface area contributed by atoms with Crippen molar-refractivity contribution >= 4 is 11.6 Å². The van der Waals surface area contributed by atoms with E-state index < -0.39 is 0 Å². The van der Waals surface area contributed by atoms with Gasteiger partial charge in [-0.2, -0.15) is 0 Å². The van der Waals surface area contributed by atoms with E-state index in [9.17, 15) is 4.79 Å². The minimum absolute atomic E-state index is 0.0380. The number of nitrogens with zero attached hydrogens (tertiary/aromatic N) is 2. The smallest absolute Gasteiger partial charge is 0.226 e. The molecule has 2 heterocycles. The number of amides is 1. The third-order valence-electron chi connectivity index (χ3n) is 4.49. The Hall–Kier alpha value is -1.88. The van der Waals surface area contributed by atoms with E-state index >= 15 is 0 Å². The summed E-state index contributed by atoms with van der Waals surface area (Å²) >= 11 is 0. The Labute approximate surface area is 137 Å². The third kappa shape index (κ3) is 4.79. The van der Waals surface area contributed by atoms with Gasteiger partial charge in [0, 0.05) is 31.5 Å². The van der Waals surface area contributed by atoms with Crippen molar-refractivity contribution in [1.29, 1.82) is 0 Å². The van der Waals surface area contributed by atoms with Crippen LogP contribution in [0.25, 0.3) is 5.65 Å². The van der Waals surface area contributed by atoms with Gasteiger partial charge in [0.05, 0.1) is 12.1 Å². The summed E-state index contributed by atoms with van der Waals surface area (Å²) < 4.78 is 1.94. The fourth-order valence-corrected chi connectivity index (χ4v) is 3.26. The fourth-order valence-electron chi connectivity index (χ4n) is 3.26. The lowest BCUT2D eigenvalue weighted by atomic mass is 10.1. The van der Waals surface area contributed by atoms with Crippen molar-refractivity contribution in [2.24, 2.45) is 0 Å². The summed E-state index contributed by atoms with van der Waals surface area (Å²) in [4.78, 5) is 16.5. The number of nitrogens with one attached hydrogen (secondary N) is 2. The molecule has 0 unspecified atom stereocenters. The molecule has 2 aromatic rings. The van der Waals surface area contributed by atoms with Gasteiger partial charge in [-0.1, -0.05) is 31.7 Å². The highest BCUT2D eigenvalue weighted by molar-refractivity contribution is 5.78. The van der Waals surface area contributed by atoms with Crippen LogP contribution in [0.5, 0.6) is 0 Å². The molecule has 124 valence electrons. The van der Waals surface area contributed by atoms with E-state index in [1.54, 1.807) is 0 Å². The lowest BCUT2D eigenvalue weighted by molar-refractivity contribution is -0.120. The zero-order chi connectivity index (χ0) is 15.9. The van der Waals surface area contributed by atoms with E-state index in [2.05, 4.69) is 15.6 Å². The zero-order valence-corrected chi connectivity index (χ0v) is 13.6. The van der Waals surface area contributed by atoms with Crippen LogP contribution >= 0.6 is 0 Å². The van der Waals surface area contributed by atoms with Gasteiger partial charge in [-0.05, 0) is 25.0 Å². The van der Waals surface area contributed by atoms with Gasteiger partial charge < -0.3 is 15.0 Å². The monoisotopic (exact) mass is 314 g/mol. The van der Waals surface area contributed by atoms with Crippen LogP contribution in [-0.2, 0) is 11.2 Å². The molecule has 2 N–H and O–H groups in total. The molecule has 1 aliphatic rings. The number of carbonyl (C=O) groups is 1.